The molecular weight excluding hydrogens is 384 g/mol. The van der Waals surface area contributed by atoms with Crippen LogP contribution < -0.4 is 10.0 Å². The third kappa shape index (κ3) is 5.23. The molecule has 5 nitrogen and oxygen atoms in total. The number of hydrogen-bond acceptors (Lipinski definition) is 3. The maximum Gasteiger partial charge on any atom is 0.252 e. The first-order chi connectivity index (χ1) is 13.7. The van der Waals surface area contributed by atoms with E-state index in [1.54, 1.807) is 25.1 Å². The Bertz CT molecular complexity index is 1130. The number of hydrogen-bond donors (Lipinski definition) is 2. The molecule has 0 spiro atoms. The Morgan fingerprint density at radius 3 is 2.14 bits per heavy atom. The lowest BCUT2D eigenvalue weighted by molar-refractivity contribution is 0.0943. The van der Waals surface area contributed by atoms with E-state index in [2.05, 4.69) is 10.0 Å². The predicted molar refractivity (Wildman–Crippen MR) is 117 cm³/mol. The van der Waals surface area contributed by atoms with Gasteiger partial charge in [0, 0.05) is 5.56 Å². The second-order valence-corrected chi connectivity index (χ2v) is 8.83. The van der Waals surface area contributed by atoms with Gasteiger partial charge in [-0.2, -0.15) is 0 Å². The molecule has 0 aromatic heterocycles. The highest BCUT2D eigenvalue weighted by Gasteiger charge is 2.19. The van der Waals surface area contributed by atoms with Gasteiger partial charge in [0.1, 0.15) is 0 Å². The molecule has 150 valence electrons. The smallest absolute Gasteiger partial charge is 0.252 e. The molecule has 3 aromatic carbocycles. The minimum atomic E-state index is -3.38. The van der Waals surface area contributed by atoms with Crippen LogP contribution in [0.2, 0.25) is 0 Å². The van der Waals surface area contributed by atoms with Gasteiger partial charge < -0.3 is 5.32 Å². The number of carbonyl (C=O) groups is 1. The highest BCUT2D eigenvalue weighted by molar-refractivity contribution is 7.92. The van der Waals surface area contributed by atoms with Crippen LogP contribution in [0.1, 0.15) is 38.7 Å². The molecule has 0 saturated heterocycles. The van der Waals surface area contributed by atoms with Gasteiger partial charge in [0.25, 0.3) is 5.91 Å². The van der Waals surface area contributed by atoms with Crippen molar-refractivity contribution in [1.29, 1.82) is 0 Å². The molecule has 3 aromatic rings. The first-order valence-corrected chi connectivity index (χ1v) is 11.1. The highest BCUT2D eigenvalue weighted by atomic mass is 32.2. The summed E-state index contributed by atoms with van der Waals surface area (Å²) in [5.74, 6) is -0.226. The monoisotopic (exact) mass is 408 g/mol. The lowest BCUT2D eigenvalue weighted by Gasteiger charge is -2.22. The quantitative estimate of drug-likeness (QED) is 0.642. The van der Waals surface area contributed by atoms with Crippen molar-refractivity contribution >= 4 is 21.6 Å². The van der Waals surface area contributed by atoms with Crippen LogP contribution in [0.5, 0.6) is 0 Å². The zero-order chi connectivity index (χ0) is 21.0. The number of amides is 1. The molecule has 0 radical (unpaired) electrons. The molecule has 1 unspecified atom stereocenters. The van der Waals surface area contributed by atoms with E-state index in [0.29, 0.717) is 16.8 Å². The first kappa shape index (κ1) is 20.6. The molecule has 0 aliphatic carbocycles. The zero-order valence-corrected chi connectivity index (χ0v) is 17.5. The molecule has 0 fully saturated rings. The van der Waals surface area contributed by atoms with Crippen molar-refractivity contribution in [3.05, 3.63) is 101 Å². The van der Waals surface area contributed by atoms with Gasteiger partial charge >= 0.3 is 0 Å². The molecule has 0 saturated carbocycles. The molecule has 6 heteroatoms. The molecular formula is C23H24N2O3S. The summed E-state index contributed by atoms with van der Waals surface area (Å²) in [5, 5.41) is 3.12. The predicted octanol–water partition coefficient (Wildman–Crippen LogP) is 4.19. The Labute approximate surface area is 171 Å². The molecule has 1 atom stereocenters. The Kier molecular flexibility index (Phi) is 6.03. The molecule has 0 aliphatic heterocycles. The van der Waals surface area contributed by atoms with E-state index < -0.39 is 10.0 Å². The second kappa shape index (κ2) is 8.49. The van der Waals surface area contributed by atoms with E-state index in [0.717, 1.165) is 22.9 Å². The van der Waals surface area contributed by atoms with Crippen LogP contribution in [-0.2, 0) is 10.0 Å². The summed E-state index contributed by atoms with van der Waals surface area (Å²) in [6.07, 6.45) is 1.10. The molecule has 2 N–H and O–H groups in total. The molecule has 0 heterocycles. The molecule has 29 heavy (non-hydrogen) atoms. The second-order valence-electron chi connectivity index (χ2n) is 7.08. The van der Waals surface area contributed by atoms with E-state index in [9.17, 15) is 13.2 Å². The third-order valence-corrected chi connectivity index (χ3v) is 5.28. The number of sulfonamides is 1. The largest absolute Gasteiger partial charge is 0.341 e. The van der Waals surface area contributed by atoms with Crippen molar-refractivity contribution in [1.82, 2.24) is 5.32 Å². The van der Waals surface area contributed by atoms with E-state index in [-0.39, 0.29) is 11.9 Å². The SMILES string of the molecule is Cc1cc(C(=O)NC(c2ccccc2)c2ccccc2C)ccc1NS(C)(=O)=O. The van der Waals surface area contributed by atoms with Crippen molar-refractivity contribution in [3.63, 3.8) is 0 Å². The summed E-state index contributed by atoms with van der Waals surface area (Å²) in [6, 6.07) is 22.4. The lowest BCUT2D eigenvalue weighted by atomic mass is 9.94. The van der Waals surface area contributed by atoms with Crippen LogP contribution in [0.15, 0.2) is 72.8 Å². The van der Waals surface area contributed by atoms with Crippen LogP contribution >= 0.6 is 0 Å². The fraction of sp³-hybridized carbons (Fsp3) is 0.174. The van der Waals surface area contributed by atoms with Crippen molar-refractivity contribution in [2.24, 2.45) is 0 Å². The maximum absolute atomic E-state index is 13.0. The number of carbonyl (C=O) groups excluding carboxylic acids is 1. The van der Waals surface area contributed by atoms with Gasteiger partial charge in [-0.1, -0.05) is 54.6 Å². The number of aryl methyl sites for hydroxylation is 2. The van der Waals surface area contributed by atoms with E-state index in [1.807, 2.05) is 61.5 Å². The summed E-state index contributed by atoms with van der Waals surface area (Å²) >= 11 is 0. The van der Waals surface area contributed by atoms with Gasteiger partial charge in [0.05, 0.1) is 18.0 Å². The van der Waals surface area contributed by atoms with Crippen molar-refractivity contribution < 1.29 is 13.2 Å². The van der Waals surface area contributed by atoms with Gasteiger partial charge in [-0.25, -0.2) is 8.42 Å². The minimum Gasteiger partial charge on any atom is -0.341 e. The molecule has 1 amide bonds. The fourth-order valence-corrected chi connectivity index (χ4v) is 3.86. The highest BCUT2D eigenvalue weighted by Crippen LogP contribution is 2.26. The number of benzene rings is 3. The average molecular weight is 409 g/mol. The molecule has 3 rings (SSSR count). The van der Waals surface area contributed by atoms with Crippen molar-refractivity contribution in [2.75, 3.05) is 11.0 Å². The Balaban J connectivity index is 1.91. The van der Waals surface area contributed by atoms with Crippen molar-refractivity contribution in [3.8, 4) is 0 Å². The fourth-order valence-electron chi connectivity index (χ4n) is 3.23. The number of anilines is 1. The van der Waals surface area contributed by atoms with Gasteiger partial charge in [-0.05, 0) is 54.3 Å². The van der Waals surface area contributed by atoms with E-state index in [1.165, 1.54) is 0 Å². The number of rotatable bonds is 6. The Hall–Kier alpha value is -3.12. The summed E-state index contributed by atoms with van der Waals surface area (Å²) in [6.45, 7) is 3.79. The lowest BCUT2D eigenvalue weighted by Crippen LogP contribution is -2.30. The van der Waals surface area contributed by atoms with Gasteiger partial charge in [-0.3, -0.25) is 9.52 Å². The number of nitrogens with one attached hydrogen (secondary N) is 2. The molecule has 0 aliphatic rings. The van der Waals surface area contributed by atoms with Crippen LogP contribution in [0.25, 0.3) is 0 Å². The molecule has 0 bridgehead atoms. The Morgan fingerprint density at radius 1 is 0.862 bits per heavy atom. The standard InChI is InChI=1S/C23H24N2O3S/c1-16-9-7-8-12-20(16)22(18-10-5-4-6-11-18)24-23(26)19-13-14-21(17(2)15-19)25-29(3,27)28/h4-15,22,25H,1-3H3,(H,24,26). The van der Waals surface area contributed by atoms with Crippen LogP contribution in [-0.4, -0.2) is 20.6 Å². The first-order valence-electron chi connectivity index (χ1n) is 9.24. The van der Waals surface area contributed by atoms with E-state index in [4.69, 9.17) is 0 Å². The summed E-state index contributed by atoms with van der Waals surface area (Å²) in [5.41, 5.74) is 4.71. The summed E-state index contributed by atoms with van der Waals surface area (Å²) < 4.78 is 25.4. The van der Waals surface area contributed by atoms with Crippen LogP contribution in [0, 0.1) is 13.8 Å². The summed E-state index contributed by atoms with van der Waals surface area (Å²) in [4.78, 5) is 13.0. The topological polar surface area (TPSA) is 75.3 Å². The maximum atomic E-state index is 13.0. The van der Waals surface area contributed by atoms with Crippen molar-refractivity contribution in [2.45, 2.75) is 19.9 Å². The van der Waals surface area contributed by atoms with Gasteiger partial charge in [0.15, 0.2) is 0 Å². The summed E-state index contributed by atoms with van der Waals surface area (Å²) in [7, 11) is -3.38. The van der Waals surface area contributed by atoms with Crippen LogP contribution in [0.4, 0.5) is 5.69 Å². The van der Waals surface area contributed by atoms with Crippen LogP contribution in [0.3, 0.4) is 0 Å². The van der Waals surface area contributed by atoms with Gasteiger partial charge in [0.2, 0.25) is 10.0 Å². The zero-order valence-electron chi connectivity index (χ0n) is 16.6. The Morgan fingerprint density at radius 2 is 1.52 bits per heavy atom. The van der Waals surface area contributed by atoms with E-state index >= 15 is 0 Å². The third-order valence-electron chi connectivity index (χ3n) is 4.69. The minimum absolute atomic E-state index is 0.226. The average Bonchev–Trinajstić information content (AvgIpc) is 2.68. The van der Waals surface area contributed by atoms with Gasteiger partial charge in [-0.15, -0.1) is 0 Å². The normalized spacial score (nSPS) is 12.2.